The molecule has 198 valence electrons. The minimum absolute atomic E-state index is 0.0611. The summed E-state index contributed by atoms with van der Waals surface area (Å²) in [4.78, 5) is 20.3. The lowest BCUT2D eigenvalue weighted by Gasteiger charge is -2.32. The molecule has 1 aliphatic rings. The summed E-state index contributed by atoms with van der Waals surface area (Å²) in [5.41, 5.74) is -0.186. The smallest absolute Gasteiger partial charge is 0.219 e. The number of β-amino-alcohol motifs (C(OH)–C–C–N with tert-alkyl or cyclic N) is 1. The third-order valence-corrected chi connectivity index (χ3v) is 6.53. The van der Waals surface area contributed by atoms with Gasteiger partial charge in [-0.05, 0) is 36.8 Å². The van der Waals surface area contributed by atoms with Crippen molar-refractivity contribution in [2.75, 3.05) is 46.5 Å². The van der Waals surface area contributed by atoms with Crippen molar-refractivity contribution in [1.29, 1.82) is 0 Å². The molecule has 0 saturated carbocycles. The summed E-state index contributed by atoms with van der Waals surface area (Å²) in [5.74, 6) is 2.90. The van der Waals surface area contributed by atoms with Gasteiger partial charge in [0.1, 0.15) is 30.4 Å². The third-order valence-electron chi connectivity index (χ3n) is 6.53. The normalized spacial score (nSPS) is 18.3. The molecule has 1 aromatic heterocycles. The van der Waals surface area contributed by atoms with E-state index in [0.717, 1.165) is 11.4 Å². The Hall–Kier alpha value is -3.56. The van der Waals surface area contributed by atoms with Gasteiger partial charge in [0.2, 0.25) is 5.91 Å². The number of benzene rings is 2. The summed E-state index contributed by atoms with van der Waals surface area (Å²) in [5, 5.41) is 11.5. The molecule has 2 aromatic carbocycles. The number of aromatic nitrogens is 2. The molecule has 0 radical (unpaired) electrons. The first-order chi connectivity index (χ1) is 17.8. The van der Waals surface area contributed by atoms with E-state index in [4.69, 9.17) is 14.2 Å². The molecule has 1 aliphatic heterocycles. The van der Waals surface area contributed by atoms with E-state index in [0.29, 0.717) is 56.6 Å². The summed E-state index contributed by atoms with van der Waals surface area (Å²) >= 11 is 0. The Labute approximate surface area is 218 Å². The zero-order valence-electron chi connectivity index (χ0n) is 21.8. The lowest BCUT2D eigenvalue weighted by molar-refractivity contribution is -0.132. The first-order valence-corrected chi connectivity index (χ1v) is 12.5. The van der Waals surface area contributed by atoms with Crippen molar-refractivity contribution < 1.29 is 24.1 Å². The zero-order valence-corrected chi connectivity index (χ0v) is 21.8. The first-order valence-electron chi connectivity index (χ1n) is 12.5. The van der Waals surface area contributed by atoms with E-state index in [1.807, 2.05) is 66.2 Å². The van der Waals surface area contributed by atoms with Crippen molar-refractivity contribution in [2.45, 2.75) is 32.5 Å². The van der Waals surface area contributed by atoms with Crippen LogP contribution in [0.25, 0.3) is 0 Å². The van der Waals surface area contributed by atoms with Crippen molar-refractivity contribution in [2.24, 2.45) is 0 Å². The molecule has 1 N–H and O–H groups in total. The second kappa shape index (κ2) is 12.1. The molecule has 1 fully saturated rings. The van der Waals surface area contributed by atoms with Gasteiger partial charge in [-0.1, -0.05) is 24.3 Å². The maximum absolute atomic E-state index is 12.2. The minimum atomic E-state index is -1.21. The number of methoxy groups -OCH3 is 1. The van der Waals surface area contributed by atoms with Crippen LogP contribution in [-0.2, 0) is 17.9 Å². The molecule has 4 rings (SSSR count). The van der Waals surface area contributed by atoms with Crippen molar-refractivity contribution in [3.8, 4) is 17.2 Å². The van der Waals surface area contributed by atoms with Crippen LogP contribution in [0.4, 0.5) is 0 Å². The van der Waals surface area contributed by atoms with Gasteiger partial charge in [0.25, 0.3) is 0 Å². The average molecular weight is 509 g/mol. The van der Waals surface area contributed by atoms with Gasteiger partial charge in [-0.2, -0.15) is 0 Å². The molecule has 0 bridgehead atoms. The van der Waals surface area contributed by atoms with Gasteiger partial charge in [0, 0.05) is 45.5 Å². The molecule has 1 atom stereocenters. The van der Waals surface area contributed by atoms with Gasteiger partial charge in [-0.25, -0.2) is 4.98 Å². The molecule has 0 spiro atoms. The van der Waals surface area contributed by atoms with Gasteiger partial charge in [0.05, 0.1) is 20.2 Å². The van der Waals surface area contributed by atoms with Gasteiger partial charge in [0.15, 0.2) is 11.5 Å². The molecular formula is C28H36N4O5. The number of aryl methyl sites for hydroxylation is 1. The van der Waals surface area contributed by atoms with Crippen LogP contribution in [-0.4, -0.2) is 82.5 Å². The van der Waals surface area contributed by atoms with Gasteiger partial charge >= 0.3 is 0 Å². The van der Waals surface area contributed by atoms with Crippen LogP contribution in [0.2, 0.25) is 0 Å². The molecule has 1 saturated heterocycles. The largest absolute Gasteiger partial charge is 0.493 e. The molecule has 3 aromatic rings. The van der Waals surface area contributed by atoms with E-state index < -0.39 is 5.60 Å². The van der Waals surface area contributed by atoms with Gasteiger partial charge < -0.3 is 28.8 Å². The second-order valence-corrected chi connectivity index (χ2v) is 9.48. The van der Waals surface area contributed by atoms with Crippen LogP contribution >= 0.6 is 0 Å². The molecule has 9 nitrogen and oxygen atoms in total. The van der Waals surface area contributed by atoms with Crippen molar-refractivity contribution in [3.63, 3.8) is 0 Å². The highest BCUT2D eigenvalue weighted by Gasteiger charge is 2.37. The standard InChI is InChI=1S/C28H36N4O5/c1-22-29-11-12-31(22)15-16-36-26-10-9-24(17-27(26)35-3)18-30-13-14-32(23(2)33)20-28(34,19-30)21-37-25-7-5-4-6-8-25/h4-12,17,34H,13-16,18-21H2,1-3H3/t28-/m1/s1. The van der Waals surface area contributed by atoms with E-state index in [2.05, 4.69) is 9.88 Å². The summed E-state index contributed by atoms with van der Waals surface area (Å²) in [6.07, 6.45) is 3.71. The van der Waals surface area contributed by atoms with Crippen molar-refractivity contribution in [1.82, 2.24) is 19.4 Å². The average Bonchev–Trinajstić information content (AvgIpc) is 3.22. The number of ether oxygens (including phenoxy) is 3. The van der Waals surface area contributed by atoms with Crippen LogP contribution in [0.3, 0.4) is 0 Å². The fourth-order valence-corrected chi connectivity index (χ4v) is 4.55. The van der Waals surface area contributed by atoms with E-state index in [1.54, 1.807) is 18.2 Å². The molecule has 9 heteroatoms. The van der Waals surface area contributed by atoms with Gasteiger partial charge in [-0.15, -0.1) is 0 Å². The predicted molar refractivity (Wildman–Crippen MR) is 140 cm³/mol. The summed E-state index contributed by atoms with van der Waals surface area (Å²) in [6.45, 7) is 7.12. The molecule has 37 heavy (non-hydrogen) atoms. The van der Waals surface area contributed by atoms with E-state index >= 15 is 0 Å². The van der Waals surface area contributed by atoms with E-state index in [1.165, 1.54) is 6.92 Å². The summed E-state index contributed by atoms with van der Waals surface area (Å²) in [6, 6.07) is 15.3. The number of nitrogens with zero attached hydrogens (tertiary/aromatic N) is 4. The molecule has 0 aliphatic carbocycles. The van der Waals surface area contributed by atoms with Crippen LogP contribution in [0, 0.1) is 6.92 Å². The first kappa shape index (κ1) is 26.5. The second-order valence-electron chi connectivity index (χ2n) is 9.48. The predicted octanol–water partition coefficient (Wildman–Crippen LogP) is 2.75. The number of hydrogen-bond acceptors (Lipinski definition) is 7. The zero-order chi connectivity index (χ0) is 26.3. The Kier molecular flexibility index (Phi) is 8.68. The Morgan fingerprint density at radius 3 is 2.59 bits per heavy atom. The Morgan fingerprint density at radius 1 is 1.08 bits per heavy atom. The maximum Gasteiger partial charge on any atom is 0.219 e. The number of para-hydroxylation sites is 1. The van der Waals surface area contributed by atoms with Crippen molar-refractivity contribution >= 4 is 5.91 Å². The lowest BCUT2D eigenvalue weighted by Crippen LogP contribution is -2.51. The number of rotatable bonds is 10. The van der Waals surface area contributed by atoms with E-state index in [9.17, 15) is 9.90 Å². The third kappa shape index (κ3) is 7.24. The number of imidazole rings is 1. The lowest BCUT2D eigenvalue weighted by atomic mass is 10.0. The van der Waals surface area contributed by atoms with E-state index in [-0.39, 0.29) is 19.1 Å². The van der Waals surface area contributed by atoms with Crippen LogP contribution in [0.15, 0.2) is 60.9 Å². The Balaban J connectivity index is 1.41. The van der Waals surface area contributed by atoms with Crippen LogP contribution in [0.5, 0.6) is 17.2 Å². The monoisotopic (exact) mass is 508 g/mol. The van der Waals surface area contributed by atoms with Crippen LogP contribution < -0.4 is 14.2 Å². The summed E-state index contributed by atoms with van der Waals surface area (Å²) < 4.78 is 19.5. The minimum Gasteiger partial charge on any atom is -0.493 e. The fraction of sp³-hybridized carbons (Fsp3) is 0.429. The van der Waals surface area contributed by atoms with Crippen molar-refractivity contribution in [3.05, 3.63) is 72.3 Å². The Morgan fingerprint density at radius 2 is 1.89 bits per heavy atom. The number of aliphatic hydroxyl groups is 1. The topological polar surface area (TPSA) is 89.3 Å². The highest BCUT2D eigenvalue weighted by molar-refractivity contribution is 5.73. The van der Waals surface area contributed by atoms with Gasteiger partial charge in [-0.3, -0.25) is 9.69 Å². The quantitative estimate of drug-likeness (QED) is 0.451. The number of amides is 1. The Bertz CT molecular complexity index is 1170. The molecule has 0 unspecified atom stereocenters. The fourth-order valence-electron chi connectivity index (χ4n) is 4.55. The maximum atomic E-state index is 12.2. The summed E-state index contributed by atoms with van der Waals surface area (Å²) in [7, 11) is 1.63. The highest BCUT2D eigenvalue weighted by atomic mass is 16.5. The molecule has 1 amide bonds. The number of carbonyl (C=O) groups excluding carboxylic acids is 1. The van der Waals surface area contributed by atoms with Crippen LogP contribution in [0.1, 0.15) is 18.3 Å². The molecular weight excluding hydrogens is 472 g/mol. The SMILES string of the molecule is COc1cc(CN2CCN(C(C)=O)C[C@@](O)(COc3ccccc3)C2)ccc1OCCn1ccnc1C. The number of carbonyl (C=O) groups is 1. The number of hydrogen-bond donors (Lipinski definition) is 1. The molecule has 2 heterocycles. The highest BCUT2D eigenvalue weighted by Crippen LogP contribution is 2.29.